The van der Waals surface area contributed by atoms with Crippen molar-refractivity contribution in [2.75, 3.05) is 0 Å². The van der Waals surface area contributed by atoms with Gasteiger partial charge in [-0.3, -0.25) is 10.2 Å². The highest BCUT2D eigenvalue weighted by Crippen LogP contribution is 2.38. The zero-order valence-electron chi connectivity index (χ0n) is 9.70. The molecule has 0 atom stereocenters. The molecule has 1 saturated carbocycles. The number of hydrazine groups is 1. The van der Waals surface area contributed by atoms with Crippen molar-refractivity contribution in [2.24, 2.45) is 11.8 Å². The number of nitrogens with zero attached hydrogens (tertiary/aromatic N) is 1. The van der Waals surface area contributed by atoms with E-state index < -0.39 is 0 Å². The van der Waals surface area contributed by atoms with E-state index in [9.17, 15) is 4.79 Å². The molecule has 0 radical (unpaired) electrons. The smallest absolute Gasteiger partial charge is 0.236 e. The van der Waals surface area contributed by atoms with Gasteiger partial charge in [-0.2, -0.15) is 0 Å². The van der Waals surface area contributed by atoms with Crippen LogP contribution in [0.2, 0.25) is 5.02 Å². The zero-order valence-corrected chi connectivity index (χ0v) is 10.5. The van der Waals surface area contributed by atoms with Crippen molar-refractivity contribution in [3.63, 3.8) is 0 Å². The van der Waals surface area contributed by atoms with Gasteiger partial charge < -0.3 is 4.52 Å². The summed E-state index contributed by atoms with van der Waals surface area (Å²) in [6, 6.07) is 0. The summed E-state index contributed by atoms with van der Waals surface area (Å²) in [7, 11) is 0. The lowest BCUT2D eigenvalue weighted by atomic mass is 9.80. The minimum atomic E-state index is -0.0779. The molecule has 1 amide bonds. The Labute approximate surface area is 105 Å². The highest BCUT2D eigenvalue weighted by molar-refractivity contribution is 6.31. The van der Waals surface area contributed by atoms with Crippen LogP contribution < -0.4 is 11.3 Å². The van der Waals surface area contributed by atoms with E-state index in [0.29, 0.717) is 16.7 Å². The Morgan fingerprint density at radius 2 is 2.12 bits per heavy atom. The number of aromatic nitrogens is 1. The summed E-state index contributed by atoms with van der Waals surface area (Å²) in [5.74, 6) is 6.02. The number of aryl methyl sites for hydroxylation is 1. The van der Waals surface area contributed by atoms with E-state index in [2.05, 4.69) is 10.6 Å². The van der Waals surface area contributed by atoms with E-state index in [-0.39, 0.29) is 11.8 Å². The maximum absolute atomic E-state index is 11.4. The van der Waals surface area contributed by atoms with E-state index >= 15 is 0 Å². The predicted octanol–water partition coefficient (Wildman–Crippen LogP) is 1.90. The van der Waals surface area contributed by atoms with Crippen LogP contribution in [-0.2, 0) is 4.79 Å². The number of hydrogen-bond acceptors (Lipinski definition) is 4. The molecule has 1 heterocycles. The molecule has 2 rings (SSSR count). The van der Waals surface area contributed by atoms with Gasteiger partial charge in [-0.05, 0) is 32.6 Å². The molecule has 6 heteroatoms. The summed E-state index contributed by atoms with van der Waals surface area (Å²) in [6.07, 6.45) is 3.42. The first-order valence-electron chi connectivity index (χ1n) is 5.75. The first-order chi connectivity index (χ1) is 8.13. The van der Waals surface area contributed by atoms with Crippen LogP contribution in [0.4, 0.5) is 0 Å². The third kappa shape index (κ3) is 2.45. The average Bonchev–Trinajstić information content (AvgIpc) is 2.69. The number of halogens is 1. The summed E-state index contributed by atoms with van der Waals surface area (Å²) >= 11 is 6.11. The van der Waals surface area contributed by atoms with Crippen molar-refractivity contribution in [1.29, 1.82) is 0 Å². The molecule has 0 saturated heterocycles. The molecule has 1 aromatic rings. The van der Waals surface area contributed by atoms with Gasteiger partial charge in [0.25, 0.3) is 0 Å². The van der Waals surface area contributed by atoms with Crippen molar-refractivity contribution in [2.45, 2.75) is 38.5 Å². The number of carbonyl (C=O) groups is 1. The third-order valence-corrected chi connectivity index (χ3v) is 3.90. The van der Waals surface area contributed by atoms with Crippen LogP contribution >= 0.6 is 11.6 Å². The van der Waals surface area contributed by atoms with Crippen molar-refractivity contribution in [3.8, 4) is 0 Å². The van der Waals surface area contributed by atoms with Crippen LogP contribution in [0.1, 0.15) is 43.1 Å². The summed E-state index contributed by atoms with van der Waals surface area (Å²) in [6.45, 7) is 1.80. The Bertz CT molecular complexity index is 411. The topological polar surface area (TPSA) is 81.2 Å². The first-order valence-corrected chi connectivity index (χ1v) is 6.13. The van der Waals surface area contributed by atoms with Crippen molar-refractivity contribution >= 4 is 17.5 Å². The molecule has 3 N–H and O–H groups in total. The van der Waals surface area contributed by atoms with Gasteiger partial charge in [0.1, 0.15) is 10.7 Å². The van der Waals surface area contributed by atoms with Crippen LogP contribution in [0.5, 0.6) is 0 Å². The lowest BCUT2D eigenvalue weighted by molar-refractivity contribution is -0.126. The monoisotopic (exact) mass is 257 g/mol. The SMILES string of the molecule is Cc1onc([C@H]2CC[C@H](C(=O)NN)CC2)c1Cl. The molecule has 1 aliphatic carbocycles. The van der Waals surface area contributed by atoms with Gasteiger partial charge in [0.2, 0.25) is 5.91 Å². The van der Waals surface area contributed by atoms with Crippen molar-refractivity contribution in [1.82, 2.24) is 10.6 Å². The first kappa shape index (κ1) is 12.4. The van der Waals surface area contributed by atoms with Crippen molar-refractivity contribution < 1.29 is 9.32 Å². The number of amides is 1. The number of rotatable bonds is 2. The molecular formula is C11H16ClN3O2. The van der Waals surface area contributed by atoms with Gasteiger partial charge in [-0.1, -0.05) is 16.8 Å². The minimum Gasteiger partial charge on any atom is -0.360 e. The zero-order chi connectivity index (χ0) is 12.4. The standard InChI is InChI=1S/C11H16ClN3O2/c1-6-9(12)10(15-17-6)7-2-4-8(5-3-7)11(16)14-13/h7-8H,2-5,13H2,1H3,(H,14,16)/t7-,8-. The van der Waals surface area contributed by atoms with Crippen LogP contribution in [0.25, 0.3) is 0 Å². The fourth-order valence-corrected chi connectivity index (χ4v) is 2.60. The van der Waals surface area contributed by atoms with E-state index in [1.165, 1.54) is 0 Å². The Hall–Kier alpha value is -1.07. The molecule has 1 aromatic heterocycles. The Balaban J connectivity index is 2.00. The molecule has 0 spiro atoms. The van der Waals surface area contributed by atoms with E-state index in [0.717, 1.165) is 31.4 Å². The van der Waals surface area contributed by atoms with Gasteiger partial charge in [0.05, 0.1) is 0 Å². The Morgan fingerprint density at radius 1 is 1.47 bits per heavy atom. The fraction of sp³-hybridized carbons (Fsp3) is 0.636. The van der Waals surface area contributed by atoms with Gasteiger partial charge in [-0.25, -0.2) is 5.84 Å². The molecule has 94 valence electrons. The summed E-state index contributed by atoms with van der Waals surface area (Å²) < 4.78 is 5.06. The van der Waals surface area contributed by atoms with Crippen LogP contribution in [0.3, 0.4) is 0 Å². The molecule has 5 nitrogen and oxygen atoms in total. The van der Waals surface area contributed by atoms with Gasteiger partial charge in [0.15, 0.2) is 5.76 Å². The Kier molecular flexibility index (Phi) is 3.69. The van der Waals surface area contributed by atoms with Gasteiger partial charge in [0, 0.05) is 11.8 Å². The van der Waals surface area contributed by atoms with Crippen molar-refractivity contribution in [3.05, 3.63) is 16.5 Å². The molecule has 0 unspecified atom stereocenters. The fourth-order valence-electron chi connectivity index (χ4n) is 2.38. The van der Waals surface area contributed by atoms with E-state index in [4.69, 9.17) is 22.0 Å². The molecule has 0 aromatic carbocycles. The molecule has 0 bridgehead atoms. The summed E-state index contributed by atoms with van der Waals surface area (Å²) in [5, 5.41) is 4.62. The van der Waals surface area contributed by atoms with Crippen LogP contribution in [0.15, 0.2) is 4.52 Å². The largest absolute Gasteiger partial charge is 0.360 e. The average molecular weight is 258 g/mol. The summed E-state index contributed by atoms with van der Waals surface area (Å²) in [4.78, 5) is 11.4. The molecule has 1 aliphatic rings. The second kappa shape index (κ2) is 5.06. The second-order valence-corrected chi connectivity index (χ2v) is 4.87. The van der Waals surface area contributed by atoms with Crippen LogP contribution in [-0.4, -0.2) is 11.1 Å². The molecule has 1 fully saturated rings. The lowest BCUT2D eigenvalue weighted by Gasteiger charge is -2.25. The quantitative estimate of drug-likeness (QED) is 0.482. The number of hydrogen-bond donors (Lipinski definition) is 2. The number of nitrogens with two attached hydrogens (primary N) is 1. The molecular weight excluding hydrogens is 242 g/mol. The highest BCUT2D eigenvalue weighted by Gasteiger charge is 2.29. The van der Waals surface area contributed by atoms with Crippen LogP contribution in [0, 0.1) is 12.8 Å². The third-order valence-electron chi connectivity index (χ3n) is 3.44. The van der Waals surface area contributed by atoms with Gasteiger partial charge >= 0.3 is 0 Å². The second-order valence-electron chi connectivity index (χ2n) is 4.50. The minimum absolute atomic E-state index is 0.0167. The van der Waals surface area contributed by atoms with Gasteiger partial charge in [-0.15, -0.1) is 0 Å². The lowest BCUT2D eigenvalue weighted by Crippen LogP contribution is -2.37. The maximum Gasteiger partial charge on any atom is 0.236 e. The number of carbonyl (C=O) groups excluding carboxylic acids is 1. The molecule has 17 heavy (non-hydrogen) atoms. The highest BCUT2D eigenvalue weighted by atomic mass is 35.5. The van der Waals surface area contributed by atoms with E-state index in [1.807, 2.05) is 0 Å². The van der Waals surface area contributed by atoms with E-state index in [1.54, 1.807) is 6.92 Å². The Morgan fingerprint density at radius 3 is 2.59 bits per heavy atom. The number of nitrogens with one attached hydrogen (secondary N) is 1. The summed E-state index contributed by atoms with van der Waals surface area (Å²) in [5.41, 5.74) is 3.04. The maximum atomic E-state index is 11.4. The predicted molar refractivity (Wildman–Crippen MR) is 63.3 cm³/mol. The molecule has 0 aliphatic heterocycles. The normalized spacial score (nSPS) is 24.6.